The van der Waals surface area contributed by atoms with E-state index in [1.165, 1.54) is 24.5 Å². The molecule has 9 heteroatoms. The van der Waals surface area contributed by atoms with Gasteiger partial charge < -0.3 is 9.67 Å². The van der Waals surface area contributed by atoms with Gasteiger partial charge in [-0.15, -0.1) is 0 Å². The minimum Gasteiger partial charge on any atom is -0.478 e. The fraction of sp³-hybridized carbons (Fsp3) is 0.333. The summed E-state index contributed by atoms with van der Waals surface area (Å²) in [4.78, 5) is 14.5. The van der Waals surface area contributed by atoms with Gasteiger partial charge in [0.2, 0.25) is 5.82 Å². The average molecular weight is 320 g/mol. The molecule has 2 aromatic rings. The summed E-state index contributed by atoms with van der Waals surface area (Å²) < 4.78 is 51.1. The molecule has 0 aliphatic carbocycles. The number of aromatic nitrogens is 2. The number of aromatic carboxylic acids is 1. The number of nitrogens with zero attached hydrogens (tertiary/aromatic N) is 2. The first-order valence-electron chi connectivity index (χ1n) is 5.81. The van der Waals surface area contributed by atoms with Crippen LogP contribution in [-0.2, 0) is 23.5 Å². The van der Waals surface area contributed by atoms with E-state index in [-0.39, 0.29) is 28.9 Å². The Morgan fingerprint density at radius 1 is 1.43 bits per heavy atom. The summed E-state index contributed by atoms with van der Waals surface area (Å²) in [7, 11) is -1.27. The van der Waals surface area contributed by atoms with Crippen molar-refractivity contribution in [1.82, 2.24) is 9.55 Å². The van der Waals surface area contributed by atoms with E-state index in [2.05, 4.69) is 4.98 Å². The molecule has 0 amide bonds. The van der Waals surface area contributed by atoms with E-state index in [9.17, 15) is 22.2 Å². The fourth-order valence-corrected chi connectivity index (χ4v) is 2.42. The maximum atomic E-state index is 13.0. The molecule has 1 heterocycles. The normalized spacial score (nSPS) is 13.5. The second-order valence-electron chi connectivity index (χ2n) is 4.34. The molecule has 21 heavy (non-hydrogen) atoms. The van der Waals surface area contributed by atoms with Gasteiger partial charge in [0.25, 0.3) is 0 Å². The predicted octanol–water partition coefficient (Wildman–Crippen LogP) is 2.13. The summed E-state index contributed by atoms with van der Waals surface area (Å²) in [6.07, 6.45) is -3.33. The number of fused-ring (bicyclic) bond motifs is 1. The third-order valence-electron chi connectivity index (χ3n) is 2.87. The molecule has 1 unspecified atom stereocenters. The monoisotopic (exact) mass is 320 g/mol. The maximum Gasteiger partial charge on any atom is 0.449 e. The topological polar surface area (TPSA) is 72.2 Å². The third-order valence-corrected chi connectivity index (χ3v) is 3.62. The molecule has 0 saturated heterocycles. The molecule has 0 radical (unpaired) electrons. The number of hydrogen-bond donors (Lipinski definition) is 1. The molecule has 0 fully saturated rings. The minimum atomic E-state index is -4.72. The molecule has 0 aliphatic heterocycles. The Bertz CT molecular complexity index is 724. The molecule has 0 saturated carbocycles. The largest absolute Gasteiger partial charge is 0.478 e. The van der Waals surface area contributed by atoms with Crippen molar-refractivity contribution in [2.24, 2.45) is 0 Å². The second-order valence-corrected chi connectivity index (χ2v) is 5.90. The molecule has 0 aliphatic rings. The number of carbonyl (C=O) groups is 1. The van der Waals surface area contributed by atoms with Gasteiger partial charge in [0, 0.05) is 29.4 Å². The molecule has 2 rings (SSSR count). The Labute approximate surface area is 119 Å². The number of imidazole rings is 1. The van der Waals surface area contributed by atoms with Gasteiger partial charge in [0.05, 0.1) is 11.1 Å². The smallest absolute Gasteiger partial charge is 0.449 e. The maximum absolute atomic E-state index is 13.0. The average Bonchev–Trinajstić information content (AvgIpc) is 2.74. The van der Waals surface area contributed by atoms with E-state index >= 15 is 0 Å². The fourth-order valence-electron chi connectivity index (χ4n) is 1.98. The van der Waals surface area contributed by atoms with Crippen molar-refractivity contribution < 1.29 is 27.3 Å². The molecule has 1 atom stereocenters. The van der Waals surface area contributed by atoms with Crippen molar-refractivity contribution in [3.8, 4) is 0 Å². The Morgan fingerprint density at radius 3 is 2.62 bits per heavy atom. The zero-order valence-electron chi connectivity index (χ0n) is 10.8. The number of para-hydroxylation sites is 1. The summed E-state index contributed by atoms with van der Waals surface area (Å²) in [5, 5.41) is 9.02. The van der Waals surface area contributed by atoms with E-state index < -0.39 is 28.8 Å². The lowest BCUT2D eigenvalue weighted by atomic mass is 10.2. The molecule has 1 aromatic heterocycles. The van der Waals surface area contributed by atoms with E-state index in [0.717, 1.165) is 4.57 Å². The summed E-state index contributed by atoms with van der Waals surface area (Å²) in [5.41, 5.74) is -0.457. The van der Waals surface area contributed by atoms with Crippen LogP contribution < -0.4 is 0 Å². The van der Waals surface area contributed by atoms with Gasteiger partial charge in [0.1, 0.15) is 5.52 Å². The number of rotatable bonds is 4. The van der Waals surface area contributed by atoms with E-state index in [0.29, 0.717) is 0 Å². The van der Waals surface area contributed by atoms with Gasteiger partial charge in [0.15, 0.2) is 0 Å². The highest BCUT2D eigenvalue weighted by Gasteiger charge is 2.38. The number of carboxylic acids is 1. The minimum absolute atomic E-state index is 0.0197. The molecule has 1 aromatic carbocycles. The first kappa shape index (κ1) is 15.5. The second kappa shape index (κ2) is 5.47. The van der Waals surface area contributed by atoms with Crippen molar-refractivity contribution in [2.45, 2.75) is 12.7 Å². The molecular weight excluding hydrogens is 309 g/mol. The molecule has 0 spiro atoms. The summed E-state index contributed by atoms with van der Waals surface area (Å²) in [6.45, 7) is -0.155. The van der Waals surface area contributed by atoms with Crippen molar-refractivity contribution >= 4 is 27.8 Å². The Hall–Kier alpha value is -1.90. The van der Waals surface area contributed by atoms with Crippen LogP contribution in [-0.4, -0.2) is 36.8 Å². The molecular formula is C12H11F3N2O3S. The van der Waals surface area contributed by atoms with Gasteiger partial charge in [-0.05, 0) is 12.1 Å². The number of halogens is 3. The van der Waals surface area contributed by atoms with Crippen molar-refractivity contribution in [3.05, 3.63) is 29.6 Å². The number of carboxylic acid groups (broad SMARTS) is 1. The zero-order valence-corrected chi connectivity index (χ0v) is 11.7. The molecule has 5 nitrogen and oxygen atoms in total. The number of aryl methyl sites for hydroxylation is 1. The highest BCUT2D eigenvalue weighted by Crippen LogP contribution is 2.32. The Balaban J connectivity index is 2.70. The molecule has 1 N–H and O–H groups in total. The van der Waals surface area contributed by atoms with E-state index in [4.69, 9.17) is 5.11 Å². The lowest BCUT2D eigenvalue weighted by Crippen LogP contribution is -2.17. The van der Waals surface area contributed by atoms with Gasteiger partial charge in [-0.1, -0.05) is 6.07 Å². The first-order valence-corrected chi connectivity index (χ1v) is 7.54. The van der Waals surface area contributed by atoms with Crippen molar-refractivity contribution in [3.63, 3.8) is 0 Å². The highest BCUT2D eigenvalue weighted by molar-refractivity contribution is 7.84. The van der Waals surface area contributed by atoms with Crippen LogP contribution in [0.1, 0.15) is 16.2 Å². The third kappa shape index (κ3) is 3.07. The van der Waals surface area contributed by atoms with Crippen LogP contribution >= 0.6 is 0 Å². The number of hydrogen-bond acceptors (Lipinski definition) is 3. The standard InChI is InChI=1S/C12H11F3N2O3S/c1-21(20)6-5-17-8-4-2-3-7(10(18)19)9(8)16-11(17)12(13,14)15/h2-4H,5-6H2,1H3,(H,18,19). The predicted molar refractivity (Wildman–Crippen MR) is 70.6 cm³/mol. The van der Waals surface area contributed by atoms with Gasteiger partial charge in [-0.25, -0.2) is 9.78 Å². The summed E-state index contributed by atoms with van der Waals surface area (Å²) >= 11 is 0. The van der Waals surface area contributed by atoms with Crippen molar-refractivity contribution in [1.29, 1.82) is 0 Å². The first-order chi connectivity index (χ1) is 9.71. The zero-order chi connectivity index (χ0) is 15.8. The molecule has 114 valence electrons. The number of benzene rings is 1. The van der Waals surface area contributed by atoms with Gasteiger partial charge in [-0.3, -0.25) is 4.21 Å². The SMILES string of the molecule is CS(=O)CCn1c(C(F)(F)F)nc2c(C(=O)O)cccc21. The summed E-state index contributed by atoms with van der Waals surface area (Å²) in [5.74, 6) is -2.51. The van der Waals surface area contributed by atoms with E-state index in [1.807, 2.05) is 0 Å². The number of alkyl halides is 3. The van der Waals surface area contributed by atoms with Crippen LogP contribution in [0, 0.1) is 0 Å². The lowest BCUT2D eigenvalue weighted by Gasteiger charge is -2.10. The van der Waals surface area contributed by atoms with Gasteiger partial charge in [-0.2, -0.15) is 13.2 Å². The van der Waals surface area contributed by atoms with Crippen LogP contribution in [0.3, 0.4) is 0 Å². The van der Waals surface area contributed by atoms with Crippen molar-refractivity contribution in [2.75, 3.05) is 12.0 Å². The van der Waals surface area contributed by atoms with E-state index in [1.54, 1.807) is 0 Å². The van der Waals surface area contributed by atoms with Crippen LogP contribution in [0.4, 0.5) is 13.2 Å². The Kier molecular flexibility index (Phi) is 4.04. The lowest BCUT2D eigenvalue weighted by molar-refractivity contribution is -0.146. The summed E-state index contributed by atoms with van der Waals surface area (Å²) in [6, 6.07) is 3.91. The van der Waals surface area contributed by atoms with Crippen LogP contribution in [0.15, 0.2) is 18.2 Å². The quantitative estimate of drug-likeness (QED) is 0.937. The van der Waals surface area contributed by atoms with Crippen LogP contribution in [0.2, 0.25) is 0 Å². The van der Waals surface area contributed by atoms with Crippen LogP contribution in [0.25, 0.3) is 11.0 Å². The Morgan fingerprint density at radius 2 is 2.10 bits per heavy atom. The molecule has 0 bridgehead atoms. The van der Waals surface area contributed by atoms with Crippen LogP contribution in [0.5, 0.6) is 0 Å². The van der Waals surface area contributed by atoms with Gasteiger partial charge >= 0.3 is 12.1 Å². The highest BCUT2D eigenvalue weighted by atomic mass is 32.2.